The van der Waals surface area contributed by atoms with E-state index in [1.54, 1.807) is 13.2 Å². The van der Waals surface area contributed by atoms with E-state index in [4.69, 9.17) is 28.4 Å². The minimum Gasteiger partial charge on any atom is -0.493 e. The molecule has 6 rings (SSSR count). The number of fused-ring (bicyclic) bond motifs is 5. The molecule has 1 saturated heterocycles. The van der Waals surface area contributed by atoms with Crippen LogP contribution in [0, 0.1) is 0 Å². The first kappa shape index (κ1) is 24.3. The summed E-state index contributed by atoms with van der Waals surface area (Å²) >= 11 is 0. The van der Waals surface area contributed by atoms with Crippen molar-refractivity contribution < 1.29 is 48.8 Å². The van der Waals surface area contributed by atoms with Crippen LogP contribution in [0.2, 0.25) is 0 Å². The van der Waals surface area contributed by atoms with Crippen molar-refractivity contribution >= 4 is 11.8 Å². The van der Waals surface area contributed by atoms with Crippen molar-refractivity contribution in [2.45, 2.75) is 43.4 Å². The molecule has 11 heteroatoms. The SMILES string of the molecule is COc1ccc2c(c1OC)C(OC1O[C@H](CO)[C@@H](O)[C@H](O)[C@H]1O)N1CCc3cc4c(cc3C1=C2)OCO4. The molecule has 4 aliphatic rings. The summed E-state index contributed by atoms with van der Waals surface area (Å²) in [5.74, 6) is 2.33. The minimum absolute atomic E-state index is 0.170. The Kier molecular flexibility index (Phi) is 6.14. The highest BCUT2D eigenvalue weighted by Gasteiger charge is 2.47. The fraction of sp³-hybridized carbons (Fsp3) is 0.462. The minimum atomic E-state index is -1.57. The molecule has 0 radical (unpaired) electrons. The fourth-order valence-corrected chi connectivity index (χ4v) is 5.45. The maximum absolute atomic E-state index is 10.7. The van der Waals surface area contributed by atoms with Gasteiger partial charge < -0.3 is 53.7 Å². The highest BCUT2D eigenvalue weighted by Crippen LogP contribution is 2.50. The number of aliphatic hydroxyl groups is 4. The van der Waals surface area contributed by atoms with Crippen LogP contribution in [0.5, 0.6) is 23.0 Å². The van der Waals surface area contributed by atoms with E-state index in [0.717, 1.165) is 22.4 Å². The number of aliphatic hydroxyl groups excluding tert-OH is 4. The number of hydrogen-bond acceptors (Lipinski definition) is 11. The van der Waals surface area contributed by atoms with Gasteiger partial charge in [0.15, 0.2) is 35.5 Å². The zero-order chi connectivity index (χ0) is 25.8. The molecule has 6 atom stereocenters. The van der Waals surface area contributed by atoms with Gasteiger partial charge >= 0.3 is 0 Å². The number of nitrogens with zero attached hydrogens (tertiary/aromatic N) is 1. The third-order valence-corrected chi connectivity index (χ3v) is 7.36. The molecule has 2 aromatic carbocycles. The van der Waals surface area contributed by atoms with Crippen molar-refractivity contribution in [1.29, 1.82) is 0 Å². The summed E-state index contributed by atoms with van der Waals surface area (Å²) in [7, 11) is 3.08. The van der Waals surface area contributed by atoms with Gasteiger partial charge in [-0.25, -0.2) is 0 Å². The Morgan fingerprint density at radius 2 is 1.78 bits per heavy atom. The Hall–Kier alpha value is -3.06. The molecule has 2 unspecified atom stereocenters. The average Bonchev–Trinajstić information content (AvgIpc) is 3.38. The summed E-state index contributed by atoms with van der Waals surface area (Å²) in [5, 5.41) is 41.0. The Morgan fingerprint density at radius 3 is 2.51 bits per heavy atom. The summed E-state index contributed by atoms with van der Waals surface area (Å²) in [4.78, 5) is 2.02. The highest BCUT2D eigenvalue weighted by atomic mass is 16.7. The van der Waals surface area contributed by atoms with E-state index in [1.807, 2.05) is 29.2 Å². The van der Waals surface area contributed by atoms with Crippen LogP contribution < -0.4 is 18.9 Å². The first-order valence-electron chi connectivity index (χ1n) is 12.1. The Bertz CT molecular complexity index is 1230. The lowest BCUT2D eigenvalue weighted by molar-refractivity contribution is -0.322. The average molecular weight is 516 g/mol. The molecule has 0 aliphatic carbocycles. The molecule has 0 saturated carbocycles. The number of hydrogen-bond donors (Lipinski definition) is 4. The van der Waals surface area contributed by atoms with Gasteiger partial charge in [-0.05, 0) is 41.8 Å². The van der Waals surface area contributed by atoms with Gasteiger partial charge in [0.1, 0.15) is 24.4 Å². The molecule has 0 aromatic heterocycles. The molecule has 0 bridgehead atoms. The molecule has 2 aromatic rings. The van der Waals surface area contributed by atoms with Crippen LogP contribution in [-0.2, 0) is 15.9 Å². The topological polar surface area (TPSA) is 140 Å². The van der Waals surface area contributed by atoms with Crippen molar-refractivity contribution in [1.82, 2.24) is 4.90 Å². The molecule has 4 heterocycles. The molecule has 0 spiro atoms. The van der Waals surface area contributed by atoms with Crippen LogP contribution in [0.4, 0.5) is 0 Å². The van der Waals surface area contributed by atoms with Crippen LogP contribution in [0.1, 0.15) is 28.5 Å². The van der Waals surface area contributed by atoms with Crippen molar-refractivity contribution in [3.8, 4) is 23.0 Å². The lowest BCUT2D eigenvalue weighted by Gasteiger charge is -2.46. The van der Waals surface area contributed by atoms with Crippen LogP contribution in [0.25, 0.3) is 11.8 Å². The van der Waals surface area contributed by atoms with Crippen molar-refractivity contribution in [3.63, 3.8) is 0 Å². The van der Waals surface area contributed by atoms with Gasteiger partial charge in [0, 0.05) is 17.8 Å². The van der Waals surface area contributed by atoms with Gasteiger partial charge in [-0.2, -0.15) is 0 Å². The lowest BCUT2D eigenvalue weighted by atomic mass is 9.89. The van der Waals surface area contributed by atoms with Crippen LogP contribution >= 0.6 is 0 Å². The van der Waals surface area contributed by atoms with Gasteiger partial charge in [-0.15, -0.1) is 0 Å². The zero-order valence-electron chi connectivity index (χ0n) is 20.4. The molecule has 11 nitrogen and oxygen atoms in total. The number of methoxy groups -OCH3 is 2. The highest BCUT2D eigenvalue weighted by molar-refractivity contribution is 5.87. The Labute approximate surface area is 213 Å². The number of ether oxygens (including phenoxy) is 6. The number of rotatable bonds is 5. The second kappa shape index (κ2) is 9.35. The molecular weight excluding hydrogens is 486 g/mol. The quantitative estimate of drug-likeness (QED) is 0.446. The molecule has 37 heavy (non-hydrogen) atoms. The van der Waals surface area contributed by atoms with Crippen molar-refractivity contribution in [3.05, 3.63) is 46.5 Å². The summed E-state index contributed by atoms with van der Waals surface area (Å²) in [6, 6.07) is 7.64. The Balaban J connectivity index is 1.46. The van der Waals surface area contributed by atoms with E-state index in [1.165, 1.54) is 7.11 Å². The van der Waals surface area contributed by atoms with Crippen LogP contribution in [-0.4, -0.2) is 90.2 Å². The molecule has 0 amide bonds. The van der Waals surface area contributed by atoms with E-state index in [9.17, 15) is 20.4 Å². The summed E-state index contributed by atoms with van der Waals surface area (Å²) in [5.41, 5.74) is 4.39. The van der Waals surface area contributed by atoms with E-state index in [0.29, 0.717) is 41.5 Å². The van der Waals surface area contributed by atoms with Crippen molar-refractivity contribution in [2.75, 3.05) is 34.2 Å². The van der Waals surface area contributed by atoms with E-state index in [2.05, 4.69) is 0 Å². The third kappa shape index (κ3) is 3.81. The normalized spacial score (nSPS) is 29.7. The predicted octanol–water partition coefficient (Wildman–Crippen LogP) is 0.617. The van der Waals surface area contributed by atoms with E-state index in [-0.39, 0.29) is 6.79 Å². The zero-order valence-corrected chi connectivity index (χ0v) is 20.4. The maximum atomic E-state index is 10.7. The monoisotopic (exact) mass is 515 g/mol. The third-order valence-electron chi connectivity index (χ3n) is 7.36. The van der Waals surface area contributed by atoms with Crippen LogP contribution in [0.15, 0.2) is 24.3 Å². The molecular formula is C26H29NO10. The van der Waals surface area contributed by atoms with Crippen molar-refractivity contribution in [2.24, 2.45) is 0 Å². The standard InChI is InChI=1S/C26H29NO10/c1-32-16-4-3-13-7-15-14-9-18-17(34-11-35-18)8-12(14)5-6-27(15)25(20(13)24(16)33-2)37-26-23(31)22(30)21(29)19(10-28)36-26/h3-4,7-9,19,21-23,25-26,28-31H,5-6,10-11H2,1-2H3/t19-,21-,22+,23-,25?,26?/m1/s1. The fourth-order valence-electron chi connectivity index (χ4n) is 5.45. The maximum Gasteiger partial charge on any atom is 0.231 e. The van der Waals surface area contributed by atoms with Gasteiger partial charge in [-0.1, -0.05) is 6.07 Å². The van der Waals surface area contributed by atoms with Crippen LogP contribution in [0.3, 0.4) is 0 Å². The second-order valence-corrected chi connectivity index (χ2v) is 9.33. The summed E-state index contributed by atoms with van der Waals surface area (Å²) in [6.07, 6.45) is -5.17. The van der Waals surface area contributed by atoms with E-state index >= 15 is 0 Å². The van der Waals surface area contributed by atoms with Gasteiger partial charge in [0.2, 0.25) is 6.79 Å². The van der Waals surface area contributed by atoms with E-state index < -0.39 is 43.5 Å². The molecule has 4 aliphatic heterocycles. The summed E-state index contributed by atoms with van der Waals surface area (Å²) < 4.78 is 34.5. The second-order valence-electron chi connectivity index (χ2n) is 9.33. The largest absolute Gasteiger partial charge is 0.493 e. The molecule has 1 fully saturated rings. The number of benzene rings is 2. The summed E-state index contributed by atoms with van der Waals surface area (Å²) in [6.45, 7) is 0.169. The molecule has 198 valence electrons. The predicted molar refractivity (Wildman–Crippen MR) is 128 cm³/mol. The smallest absolute Gasteiger partial charge is 0.231 e. The van der Waals surface area contributed by atoms with Gasteiger partial charge in [0.05, 0.1) is 26.4 Å². The van der Waals surface area contributed by atoms with Gasteiger partial charge in [0.25, 0.3) is 0 Å². The molecule has 4 N–H and O–H groups in total. The Morgan fingerprint density at radius 1 is 1.00 bits per heavy atom. The lowest BCUT2D eigenvalue weighted by Crippen LogP contribution is -2.59. The first-order chi connectivity index (χ1) is 17.9. The first-order valence-corrected chi connectivity index (χ1v) is 12.1. The van der Waals surface area contributed by atoms with Gasteiger partial charge in [-0.3, -0.25) is 0 Å².